The summed E-state index contributed by atoms with van der Waals surface area (Å²) in [5, 5.41) is 26.9. The largest absolute Gasteiger partial charge is 0.496 e. The zero-order valence-electron chi connectivity index (χ0n) is 71.1. The zero-order chi connectivity index (χ0) is 92.6. The van der Waals surface area contributed by atoms with Crippen molar-refractivity contribution < 1.29 is 112 Å². The fraction of sp³-hybridized carbons (Fsp3) is 0.395. The molecule has 8 aromatic rings. The molecule has 3 aromatic heterocycles. The SMILES string of the molecule is COc1ccccc1-c1nccc(COc2ccccc2C[C@@H](Oc2ncnc3sc(-c4ccc(F)cc4)c(-c4ccc(OCCN5CC[N+](C)(Cc6ccc(NC(=O)[C@H](CCCNC(N)=O)NC(=O)[C@@H](NC(=O)CCOCCN7C(=O)C=CC7=O)C(C)C)cc6CN(C)C(=O)CC[C@H](NC(=O)CS(=O)(=O)O)C(=O)NCCCS(=O)(=O)O)CC5)c(Cl)c4C)c23)C(=O)O)n1. The van der Waals surface area contributed by atoms with E-state index >= 15 is 0 Å². The van der Waals surface area contributed by atoms with E-state index in [1.54, 1.807) is 100.0 Å². The van der Waals surface area contributed by atoms with E-state index < -0.39 is 140 Å². The number of carbonyl (C=O) groups is 10. The number of carboxylic acids is 1. The number of piperazine rings is 1. The number of quaternary nitrogens is 1. The molecule has 42 heteroatoms. The number of nitrogens with one attached hydrogen (secondary N) is 6. The topological polar surface area (TPSA) is 505 Å². The molecule has 10 amide bonds. The summed E-state index contributed by atoms with van der Waals surface area (Å²) in [6.45, 7) is 7.91. The van der Waals surface area contributed by atoms with Gasteiger partial charge in [-0.1, -0.05) is 80.0 Å². The number of ether oxygens (including phenoxy) is 5. The number of hydrogen-bond acceptors (Lipinski definition) is 25. The lowest BCUT2D eigenvalue weighted by Gasteiger charge is -2.42. The van der Waals surface area contributed by atoms with E-state index in [1.165, 1.54) is 41.7 Å². The van der Waals surface area contributed by atoms with Gasteiger partial charge in [-0.25, -0.2) is 33.9 Å². The first kappa shape index (κ1) is 98.0. The Morgan fingerprint density at radius 2 is 1.43 bits per heavy atom. The van der Waals surface area contributed by atoms with Gasteiger partial charge in [-0.2, -0.15) is 16.8 Å². The summed E-state index contributed by atoms with van der Waals surface area (Å²) in [6, 6.07) is 25.7. The van der Waals surface area contributed by atoms with Crippen LogP contribution < -0.4 is 56.6 Å². The monoisotopic (exact) mass is 1850 g/mol. The molecule has 0 spiro atoms. The highest BCUT2D eigenvalue weighted by Crippen LogP contribution is 2.50. The Morgan fingerprint density at radius 3 is 2.12 bits per heavy atom. The number of imide groups is 1. The molecule has 10 rings (SSSR count). The molecule has 0 radical (unpaired) electrons. The molecule has 0 aliphatic carbocycles. The molecule has 2 aliphatic rings. The first-order chi connectivity index (χ1) is 60.9. The molecule has 684 valence electrons. The van der Waals surface area contributed by atoms with Gasteiger partial charge in [0.05, 0.1) is 74.4 Å². The Kier molecular flexibility index (Phi) is 34.8. The Hall–Kier alpha value is -12.2. The van der Waals surface area contributed by atoms with E-state index in [1.807, 2.05) is 31.2 Å². The van der Waals surface area contributed by atoms with Crippen LogP contribution in [0.4, 0.5) is 14.9 Å². The van der Waals surface area contributed by atoms with Gasteiger partial charge in [-0.15, -0.1) is 11.3 Å². The van der Waals surface area contributed by atoms with E-state index in [9.17, 15) is 83.4 Å². The first-order valence-electron chi connectivity index (χ1n) is 40.9. The van der Waals surface area contributed by atoms with E-state index in [0.717, 1.165) is 22.6 Å². The number of primary amides is 1. The Bertz CT molecular complexity index is 5630. The number of urea groups is 1. The fourth-order valence-electron chi connectivity index (χ4n) is 14.3. The minimum atomic E-state index is -4.88. The van der Waals surface area contributed by atoms with Crippen molar-refractivity contribution in [1.29, 1.82) is 0 Å². The van der Waals surface area contributed by atoms with Crippen LogP contribution in [0.5, 0.6) is 23.1 Å². The average Bonchev–Trinajstić information content (AvgIpc) is 1.60. The number of hydrogen-bond donors (Lipinski definition) is 10. The van der Waals surface area contributed by atoms with Crippen molar-refractivity contribution in [2.24, 2.45) is 11.7 Å². The molecule has 4 atom stereocenters. The number of aliphatic carboxylic acids is 1. The lowest BCUT2D eigenvalue weighted by molar-refractivity contribution is -0.926. The van der Waals surface area contributed by atoms with Crippen LogP contribution in [0.3, 0.4) is 0 Å². The summed E-state index contributed by atoms with van der Waals surface area (Å²) in [6.07, 6.45) is 2.25. The number of rotatable bonds is 47. The van der Waals surface area contributed by atoms with Crippen molar-refractivity contribution in [3.63, 3.8) is 0 Å². The molecular weight excluding hydrogens is 1750 g/mol. The second-order valence-electron chi connectivity index (χ2n) is 31.1. The highest BCUT2D eigenvalue weighted by atomic mass is 35.5. The van der Waals surface area contributed by atoms with Crippen molar-refractivity contribution in [3.05, 3.63) is 173 Å². The predicted octanol–water partition coefficient (Wildman–Crippen LogP) is 6.44. The summed E-state index contributed by atoms with van der Waals surface area (Å²) in [5.41, 5.74) is 10.9. The quantitative estimate of drug-likeness (QED) is 0.00849. The van der Waals surface area contributed by atoms with Gasteiger partial charge in [0.25, 0.3) is 32.1 Å². The van der Waals surface area contributed by atoms with E-state index in [2.05, 4.69) is 58.8 Å². The predicted molar refractivity (Wildman–Crippen MR) is 470 cm³/mol. The van der Waals surface area contributed by atoms with Gasteiger partial charge in [0.1, 0.15) is 72.1 Å². The van der Waals surface area contributed by atoms with Crippen molar-refractivity contribution in [2.75, 3.05) is 110 Å². The van der Waals surface area contributed by atoms with Gasteiger partial charge >= 0.3 is 12.0 Å². The van der Waals surface area contributed by atoms with Gasteiger partial charge in [0, 0.05) is 106 Å². The van der Waals surface area contributed by atoms with Crippen LogP contribution >= 0.6 is 22.9 Å². The standard InChI is InChI=1S/C86H101ClFN15O22S3/c1-52(2)77(99-69(104)31-41-122-42-38-102-72(107)28-29-73(102)108)82(111)98-63(15-11-32-92-86(89)114)81(110)96-59-23-20-56(57(45-59)47-100(4)71(106)27-25-64(97-70(105)50-128(118,119)120)80(109)91-33-12-44-127(115,116)117)48-103(5)39-35-101(36-40-103)37-43-123-67-26-24-61(53(3)76(67)87)74-75-83(93-51-94-84(75)126-78(74)54-18-21-58(88)22-19-54)125-68(85(112)113)46-55-13-7-9-16-65(55)124-49-60-30-34-90-79(95-60)62-14-8-10-17-66(62)121-6/h7-10,13-14,16-24,26,28-30,34,45,51-52,63-64,68,77H,11-12,15,25,27,31-33,35-44,46-50H2,1-6H3,(H10-,89,91,92,96,97,98,99,104,105,109,110,111,112,113,114,115,116,117,118,119,120)/p+1/t63-,64-,68+,77-/m0/s1. The highest BCUT2D eigenvalue weighted by Gasteiger charge is 2.35. The number of nitrogens with two attached hydrogens (primary N) is 1. The molecule has 11 N–H and O–H groups in total. The Morgan fingerprint density at radius 1 is 0.727 bits per heavy atom. The molecule has 1 fully saturated rings. The number of benzene rings is 5. The molecule has 5 heterocycles. The molecule has 1 saturated heterocycles. The van der Waals surface area contributed by atoms with Gasteiger partial charge in [0.15, 0.2) is 11.6 Å². The van der Waals surface area contributed by atoms with Crippen LogP contribution in [0, 0.1) is 18.7 Å². The molecule has 128 heavy (non-hydrogen) atoms. The molecule has 0 unspecified atom stereocenters. The number of para-hydroxylation sites is 2. The van der Waals surface area contributed by atoms with Gasteiger partial charge in [-0.05, 0) is 121 Å². The summed E-state index contributed by atoms with van der Waals surface area (Å²) >= 11 is 8.58. The third kappa shape index (κ3) is 28.4. The second kappa shape index (κ2) is 45.5. The number of nitrogens with zero attached hydrogens (tertiary/aromatic N) is 8. The number of amides is 10. The average molecular weight is 1850 g/mol. The number of carbonyl (C=O) groups excluding carboxylic acids is 9. The van der Waals surface area contributed by atoms with Gasteiger partial charge in [0.2, 0.25) is 47.4 Å². The van der Waals surface area contributed by atoms with Crippen LogP contribution in [-0.4, -0.2) is 259 Å². The summed E-state index contributed by atoms with van der Waals surface area (Å²) in [4.78, 5) is 155. The van der Waals surface area contributed by atoms with E-state index in [0.29, 0.717) is 127 Å². The number of aromatic nitrogens is 4. The number of halogens is 2. The van der Waals surface area contributed by atoms with E-state index in [4.69, 9.17) is 46.0 Å². The number of fused-ring (bicyclic) bond motifs is 1. The molecular formula is C86H102ClFN15O22S3+. The van der Waals surface area contributed by atoms with Crippen molar-refractivity contribution in [1.82, 2.24) is 61.2 Å². The third-order valence-corrected chi connectivity index (χ3v) is 24.2. The molecule has 0 saturated carbocycles. The maximum Gasteiger partial charge on any atom is 0.345 e. The second-order valence-corrected chi connectivity index (χ2v) is 35.5. The van der Waals surface area contributed by atoms with Crippen molar-refractivity contribution in [3.8, 4) is 56.1 Å². The van der Waals surface area contributed by atoms with Crippen LogP contribution in [0.25, 0.3) is 43.2 Å². The Balaban J connectivity index is 0.837. The minimum Gasteiger partial charge on any atom is -0.496 e. The number of anilines is 1. The molecule has 5 aromatic carbocycles. The van der Waals surface area contributed by atoms with E-state index in [-0.39, 0.29) is 101 Å². The maximum atomic E-state index is 14.6. The normalized spacial score (nSPS) is 14.3. The summed E-state index contributed by atoms with van der Waals surface area (Å²) < 4.78 is 110. The Labute approximate surface area is 747 Å². The number of likely N-dealkylation sites (N-methyl/N-ethyl adjacent to an activating group) is 1. The van der Waals surface area contributed by atoms with Crippen molar-refractivity contribution in [2.45, 2.75) is 110 Å². The minimum absolute atomic E-state index is 0.0112. The maximum absolute atomic E-state index is 14.6. The van der Waals surface area contributed by atoms with Crippen LogP contribution in [0.15, 0.2) is 134 Å². The van der Waals surface area contributed by atoms with Gasteiger partial charge < -0.3 is 75.8 Å². The summed E-state index contributed by atoms with van der Waals surface area (Å²) in [7, 11) is -4.22. The number of methoxy groups -OCH3 is 1. The van der Waals surface area contributed by atoms with Crippen molar-refractivity contribution >= 4 is 118 Å². The molecule has 2 aliphatic heterocycles. The first-order valence-corrected chi connectivity index (χ1v) is 45.3. The van der Waals surface area contributed by atoms with Crippen LogP contribution in [0.1, 0.15) is 80.3 Å². The van der Waals surface area contributed by atoms with Crippen LogP contribution in [-0.2, 0) is 94.2 Å². The van der Waals surface area contributed by atoms with Gasteiger partial charge in [-0.3, -0.25) is 57.3 Å². The zero-order valence-corrected chi connectivity index (χ0v) is 74.3. The third-order valence-electron chi connectivity index (χ3n) is 21.2. The number of carboxylic acid groups (broad SMARTS) is 1. The molecule has 37 nitrogen and oxygen atoms in total. The molecule has 0 bridgehead atoms. The fourth-order valence-corrected chi connectivity index (χ4v) is 16.6. The highest BCUT2D eigenvalue weighted by molar-refractivity contribution is 7.86. The lowest BCUT2D eigenvalue weighted by atomic mass is 9.96. The summed E-state index contributed by atoms with van der Waals surface area (Å²) in [5.74, 6) is -8.52. The smallest absolute Gasteiger partial charge is 0.345 e. The lowest BCUT2D eigenvalue weighted by Crippen LogP contribution is -2.57. The number of thiophene rings is 1. The van der Waals surface area contributed by atoms with Crippen LogP contribution in [0.2, 0.25) is 5.02 Å².